The van der Waals surface area contributed by atoms with E-state index in [-0.39, 0.29) is 5.82 Å². The topological polar surface area (TPSA) is 12.0 Å². The highest BCUT2D eigenvalue weighted by atomic mass is 19.1. The molecule has 1 heterocycles. The van der Waals surface area contributed by atoms with E-state index < -0.39 is 0 Å². The van der Waals surface area contributed by atoms with Crippen molar-refractivity contribution in [1.82, 2.24) is 5.32 Å². The average molecular weight is 269 g/mol. The van der Waals surface area contributed by atoms with E-state index >= 15 is 0 Å². The van der Waals surface area contributed by atoms with Gasteiger partial charge in [0.1, 0.15) is 5.82 Å². The van der Waals surface area contributed by atoms with Gasteiger partial charge in [0.2, 0.25) is 0 Å². The molecule has 1 nitrogen and oxygen atoms in total. The first-order valence-corrected chi connectivity index (χ1v) is 7.35. The third-order valence-corrected chi connectivity index (χ3v) is 4.11. The molecule has 0 bridgehead atoms. The lowest BCUT2D eigenvalue weighted by Gasteiger charge is -2.23. The number of halogens is 1. The summed E-state index contributed by atoms with van der Waals surface area (Å²) in [5.74, 6) is 0.533. The Morgan fingerprint density at radius 2 is 1.40 bits per heavy atom. The Morgan fingerprint density at radius 1 is 0.850 bits per heavy atom. The average Bonchev–Trinajstić information content (AvgIpc) is 2.51. The summed E-state index contributed by atoms with van der Waals surface area (Å²) in [6.45, 7) is 2.25. The van der Waals surface area contributed by atoms with E-state index in [4.69, 9.17) is 0 Å². The summed E-state index contributed by atoms with van der Waals surface area (Å²) in [4.78, 5) is 0. The highest BCUT2D eigenvalue weighted by Crippen LogP contribution is 2.25. The van der Waals surface area contributed by atoms with Crippen molar-refractivity contribution in [3.05, 3.63) is 71.0 Å². The number of nitrogens with one attached hydrogen (secondary N) is 1. The molecule has 1 aliphatic heterocycles. The van der Waals surface area contributed by atoms with E-state index in [1.807, 2.05) is 12.1 Å². The van der Waals surface area contributed by atoms with Crippen LogP contribution < -0.4 is 5.32 Å². The Labute approximate surface area is 119 Å². The molecule has 0 amide bonds. The maximum Gasteiger partial charge on any atom is 0.123 e. The van der Waals surface area contributed by atoms with Gasteiger partial charge < -0.3 is 5.32 Å². The molecule has 1 fully saturated rings. The maximum absolute atomic E-state index is 12.9. The highest BCUT2D eigenvalue weighted by Gasteiger charge is 2.14. The standard InChI is InChI=1S/C18H20FN/c19-18-7-3-15(4-8-18)13-14-1-5-16(6-2-14)17-9-11-20-12-10-17/h1-8,17,20H,9-13H2. The molecule has 2 aromatic carbocycles. The van der Waals surface area contributed by atoms with E-state index in [1.165, 1.54) is 36.1 Å². The second-order valence-corrected chi connectivity index (χ2v) is 5.57. The third-order valence-electron chi connectivity index (χ3n) is 4.11. The molecule has 0 radical (unpaired) electrons. The second kappa shape index (κ2) is 6.19. The smallest absolute Gasteiger partial charge is 0.123 e. The predicted molar refractivity (Wildman–Crippen MR) is 80.5 cm³/mol. The van der Waals surface area contributed by atoms with Crippen molar-refractivity contribution in [2.24, 2.45) is 0 Å². The quantitative estimate of drug-likeness (QED) is 0.891. The summed E-state index contributed by atoms with van der Waals surface area (Å²) in [7, 11) is 0. The Morgan fingerprint density at radius 3 is 2.00 bits per heavy atom. The zero-order valence-electron chi connectivity index (χ0n) is 11.6. The van der Waals surface area contributed by atoms with Gasteiger partial charge in [0.05, 0.1) is 0 Å². The van der Waals surface area contributed by atoms with Crippen molar-refractivity contribution < 1.29 is 4.39 Å². The second-order valence-electron chi connectivity index (χ2n) is 5.57. The molecule has 0 saturated carbocycles. The zero-order chi connectivity index (χ0) is 13.8. The fourth-order valence-corrected chi connectivity index (χ4v) is 2.90. The number of hydrogen-bond acceptors (Lipinski definition) is 1. The molecule has 1 aliphatic rings. The molecule has 2 aromatic rings. The molecular weight excluding hydrogens is 249 g/mol. The van der Waals surface area contributed by atoms with Crippen LogP contribution in [0.25, 0.3) is 0 Å². The van der Waals surface area contributed by atoms with Gasteiger partial charge in [0, 0.05) is 0 Å². The fraction of sp³-hybridized carbons (Fsp3) is 0.333. The van der Waals surface area contributed by atoms with Gasteiger partial charge in [0.25, 0.3) is 0 Å². The first-order chi connectivity index (χ1) is 9.81. The van der Waals surface area contributed by atoms with Crippen LogP contribution in [0, 0.1) is 5.82 Å². The van der Waals surface area contributed by atoms with Crippen molar-refractivity contribution >= 4 is 0 Å². The molecule has 1 saturated heterocycles. The molecule has 0 atom stereocenters. The molecule has 104 valence electrons. The monoisotopic (exact) mass is 269 g/mol. The van der Waals surface area contributed by atoms with Crippen LogP contribution in [0.1, 0.15) is 35.4 Å². The van der Waals surface area contributed by atoms with Crippen LogP contribution in [0.5, 0.6) is 0 Å². The van der Waals surface area contributed by atoms with E-state index in [1.54, 1.807) is 0 Å². The molecule has 1 N–H and O–H groups in total. The number of hydrogen-bond donors (Lipinski definition) is 1. The summed E-state index contributed by atoms with van der Waals surface area (Å²) in [6.07, 6.45) is 3.33. The summed E-state index contributed by atoms with van der Waals surface area (Å²) < 4.78 is 12.9. The lowest BCUT2D eigenvalue weighted by molar-refractivity contribution is 0.460. The van der Waals surface area contributed by atoms with Gasteiger partial charge in [0.15, 0.2) is 0 Å². The van der Waals surface area contributed by atoms with E-state index in [0.717, 1.165) is 25.1 Å². The van der Waals surface area contributed by atoms with Crippen LogP contribution in [-0.4, -0.2) is 13.1 Å². The maximum atomic E-state index is 12.9. The van der Waals surface area contributed by atoms with Gasteiger partial charge in [-0.25, -0.2) is 4.39 Å². The summed E-state index contributed by atoms with van der Waals surface area (Å²) in [5, 5.41) is 3.40. The van der Waals surface area contributed by atoms with Crippen LogP contribution in [0.3, 0.4) is 0 Å². The Balaban J connectivity index is 1.67. The normalized spacial score (nSPS) is 16.2. The zero-order valence-corrected chi connectivity index (χ0v) is 11.6. The number of rotatable bonds is 3. The van der Waals surface area contributed by atoms with Gasteiger partial charge in [-0.05, 0) is 67.1 Å². The molecule has 0 aromatic heterocycles. The molecule has 3 rings (SSSR count). The van der Waals surface area contributed by atoms with Crippen LogP contribution in [0.2, 0.25) is 0 Å². The molecule has 20 heavy (non-hydrogen) atoms. The van der Waals surface area contributed by atoms with E-state index in [9.17, 15) is 4.39 Å². The Hall–Kier alpha value is -1.67. The minimum atomic E-state index is -0.171. The van der Waals surface area contributed by atoms with E-state index in [2.05, 4.69) is 29.6 Å². The van der Waals surface area contributed by atoms with Gasteiger partial charge in [-0.1, -0.05) is 36.4 Å². The van der Waals surface area contributed by atoms with Crippen molar-refractivity contribution in [3.8, 4) is 0 Å². The van der Waals surface area contributed by atoms with Gasteiger partial charge in [-0.2, -0.15) is 0 Å². The minimum absolute atomic E-state index is 0.171. The SMILES string of the molecule is Fc1ccc(Cc2ccc(C3CCNCC3)cc2)cc1. The first-order valence-electron chi connectivity index (χ1n) is 7.35. The third kappa shape index (κ3) is 3.26. The summed E-state index contributed by atoms with van der Waals surface area (Å²) in [6, 6.07) is 15.7. The Kier molecular flexibility index (Phi) is 4.12. The van der Waals surface area contributed by atoms with Gasteiger partial charge in [-0.3, -0.25) is 0 Å². The summed E-state index contributed by atoms with van der Waals surface area (Å²) in [5.41, 5.74) is 3.89. The van der Waals surface area contributed by atoms with Crippen molar-refractivity contribution in [2.75, 3.05) is 13.1 Å². The van der Waals surface area contributed by atoms with Crippen molar-refractivity contribution in [3.63, 3.8) is 0 Å². The van der Waals surface area contributed by atoms with E-state index in [0.29, 0.717) is 5.92 Å². The lowest BCUT2D eigenvalue weighted by Crippen LogP contribution is -2.26. The minimum Gasteiger partial charge on any atom is -0.317 e. The lowest BCUT2D eigenvalue weighted by atomic mass is 9.89. The molecule has 2 heteroatoms. The molecular formula is C18H20FN. The predicted octanol–water partition coefficient (Wildman–Crippen LogP) is 3.88. The number of piperidine rings is 1. The summed E-state index contributed by atoms with van der Waals surface area (Å²) >= 11 is 0. The largest absolute Gasteiger partial charge is 0.317 e. The highest BCUT2D eigenvalue weighted by molar-refractivity contribution is 5.30. The van der Waals surface area contributed by atoms with Crippen molar-refractivity contribution in [1.29, 1.82) is 0 Å². The fourth-order valence-electron chi connectivity index (χ4n) is 2.90. The van der Waals surface area contributed by atoms with Crippen molar-refractivity contribution in [2.45, 2.75) is 25.2 Å². The van der Waals surface area contributed by atoms with Crippen LogP contribution in [0.4, 0.5) is 4.39 Å². The molecule has 0 aliphatic carbocycles. The molecule has 0 unspecified atom stereocenters. The van der Waals surface area contributed by atoms with Crippen LogP contribution in [-0.2, 0) is 6.42 Å². The molecule has 0 spiro atoms. The van der Waals surface area contributed by atoms with Crippen LogP contribution >= 0.6 is 0 Å². The first kappa shape index (κ1) is 13.3. The number of benzene rings is 2. The van der Waals surface area contributed by atoms with Gasteiger partial charge >= 0.3 is 0 Å². The Bertz CT molecular complexity index is 539. The van der Waals surface area contributed by atoms with Gasteiger partial charge in [-0.15, -0.1) is 0 Å². The van der Waals surface area contributed by atoms with Crippen LogP contribution in [0.15, 0.2) is 48.5 Å².